The monoisotopic (exact) mass is 307 g/mol. The van der Waals surface area contributed by atoms with Crippen LogP contribution < -0.4 is 0 Å². The molecule has 0 saturated heterocycles. The minimum absolute atomic E-state index is 0.255. The van der Waals surface area contributed by atoms with E-state index in [1.165, 1.54) is 12.1 Å². The smallest absolute Gasteiger partial charge is 0.142 e. The first-order valence-corrected chi connectivity index (χ1v) is 6.19. The van der Waals surface area contributed by atoms with E-state index in [0.29, 0.717) is 0 Å². The maximum Gasteiger partial charge on any atom is 0.142 e. The average Bonchev–Trinajstić information content (AvgIpc) is 2.37. The Morgan fingerprint density at radius 1 is 1.17 bits per heavy atom. The summed E-state index contributed by atoms with van der Waals surface area (Å²) in [5.74, 6) is -0.270. The second kappa shape index (κ2) is 6.31. The molecule has 0 saturated carbocycles. The third-order valence-electron chi connectivity index (χ3n) is 2.27. The lowest BCUT2D eigenvalue weighted by Gasteiger charge is -1.99. The van der Waals surface area contributed by atoms with E-state index in [0.717, 1.165) is 15.6 Å². The summed E-state index contributed by atoms with van der Waals surface area (Å²) in [5, 5.41) is 3.83. The van der Waals surface area contributed by atoms with Crippen LogP contribution in [0.25, 0.3) is 0 Å². The van der Waals surface area contributed by atoms with Gasteiger partial charge in [0.15, 0.2) is 0 Å². The Hall–Kier alpha value is -1.68. The van der Waals surface area contributed by atoms with Crippen molar-refractivity contribution in [3.8, 4) is 0 Å². The van der Waals surface area contributed by atoms with Gasteiger partial charge < -0.3 is 4.84 Å². The van der Waals surface area contributed by atoms with Crippen LogP contribution in [0.3, 0.4) is 0 Å². The highest BCUT2D eigenvalue weighted by molar-refractivity contribution is 9.10. The molecule has 0 aliphatic heterocycles. The minimum Gasteiger partial charge on any atom is -0.391 e. The number of hydrogen-bond donors (Lipinski definition) is 0. The Balaban J connectivity index is 1.87. The van der Waals surface area contributed by atoms with Gasteiger partial charge in [-0.05, 0) is 35.4 Å². The van der Waals surface area contributed by atoms with E-state index in [9.17, 15) is 4.39 Å². The molecule has 0 spiro atoms. The fourth-order valence-corrected chi connectivity index (χ4v) is 1.65. The molecule has 0 aliphatic carbocycles. The van der Waals surface area contributed by atoms with Gasteiger partial charge >= 0.3 is 0 Å². The van der Waals surface area contributed by atoms with Gasteiger partial charge in [0, 0.05) is 4.47 Å². The predicted molar refractivity (Wildman–Crippen MR) is 72.9 cm³/mol. The fraction of sp³-hybridized carbons (Fsp3) is 0.0714. The van der Waals surface area contributed by atoms with Crippen LogP contribution >= 0.6 is 15.9 Å². The molecule has 2 rings (SSSR count). The van der Waals surface area contributed by atoms with E-state index in [-0.39, 0.29) is 12.4 Å². The standard InChI is InChI=1S/C14H11BrFNO/c15-13-6-4-11(5-7-13)9-17-18-10-12-2-1-3-14(16)8-12/h1-9H,10H2. The zero-order chi connectivity index (χ0) is 12.8. The zero-order valence-electron chi connectivity index (χ0n) is 9.51. The van der Waals surface area contributed by atoms with Crippen molar-refractivity contribution in [2.75, 3.05) is 0 Å². The van der Waals surface area contributed by atoms with E-state index in [1.807, 2.05) is 24.3 Å². The second-order valence-electron chi connectivity index (χ2n) is 3.69. The molecule has 18 heavy (non-hydrogen) atoms. The molecule has 92 valence electrons. The van der Waals surface area contributed by atoms with Crippen molar-refractivity contribution in [1.82, 2.24) is 0 Å². The number of hydrogen-bond acceptors (Lipinski definition) is 2. The van der Waals surface area contributed by atoms with Crippen LogP contribution in [0.4, 0.5) is 4.39 Å². The third kappa shape index (κ3) is 3.96. The number of oxime groups is 1. The Kier molecular flexibility index (Phi) is 4.47. The quantitative estimate of drug-likeness (QED) is 0.614. The van der Waals surface area contributed by atoms with Crippen LogP contribution in [-0.2, 0) is 11.4 Å². The van der Waals surface area contributed by atoms with Gasteiger partial charge in [-0.1, -0.05) is 45.4 Å². The lowest BCUT2D eigenvalue weighted by Crippen LogP contribution is -1.89. The van der Waals surface area contributed by atoms with Gasteiger partial charge in [-0.25, -0.2) is 4.39 Å². The summed E-state index contributed by atoms with van der Waals surface area (Å²) in [4.78, 5) is 5.10. The van der Waals surface area contributed by atoms with Crippen molar-refractivity contribution in [3.05, 3.63) is 69.9 Å². The summed E-state index contributed by atoms with van der Waals surface area (Å²) >= 11 is 3.35. The molecule has 0 aliphatic rings. The summed E-state index contributed by atoms with van der Waals surface area (Å²) in [5.41, 5.74) is 1.69. The molecule has 2 aromatic carbocycles. The summed E-state index contributed by atoms with van der Waals surface area (Å²) in [6, 6.07) is 13.9. The van der Waals surface area contributed by atoms with E-state index >= 15 is 0 Å². The van der Waals surface area contributed by atoms with Crippen molar-refractivity contribution in [3.63, 3.8) is 0 Å². The number of nitrogens with zero attached hydrogens (tertiary/aromatic N) is 1. The van der Waals surface area contributed by atoms with Crippen molar-refractivity contribution < 1.29 is 9.23 Å². The van der Waals surface area contributed by atoms with Crippen molar-refractivity contribution in [2.45, 2.75) is 6.61 Å². The highest BCUT2D eigenvalue weighted by atomic mass is 79.9. The first-order valence-electron chi connectivity index (χ1n) is 5.39. The van der Waals surface area contributed by atoms with Gasteiger partial charge in [0.2, 0.25) is 0 Å². The molecule has 0 bridgehead atoms. The Morgan fingerprint density at radius 3 is 2.67 bits per heavy atom. The number of rotatable bonds is 4. The van der Waals surface area contributed by atoms with Crippen LogP contribution in [-0.4, -0.2) is 6.21 Å². The van der Waals surface area contributed by atoms with E-state index in [4.69, 9.17) is 4.84 Å². The predicted octanol–water partition coefficient (Wildman–Crippen LogP) is 4.14. The largest absolute Gasteiger partial charge is 0.391 e. The van der Waals surface area contributed by atoms with Crippen LogP contribution in [0.1, 0.15) is 11.1 Å². The molecule has 2 nitrogen and oxygen atoms in total. The van der Waals surface area contributed by atoms with Gasteiger partial charge in [0.1, 0.15) is 12.4 Å². The fourth-order valence-electron chi connectivity index (χ4n) is 1.39. The van der Waals surface area contributed by atoms with Crippen molar-refractivity contribution in [2.24, 2.45) is 5.16 Å². The molecular weight excluding hydrogens is 297 g/mol. The highest BCUT2D eigenvalue weighted by Gasteiger charge is 1.94. The minimum atomic E-state index is -0.270. The van der Waals surface area contributed by atoms with E-state index in [1.54, 1.807) is 18.3 Å². The molecule has 4 heteroatoms. The average molecular weight is 308 g/mol. The van der Waals surface area contributed by atoms with Gasteiger partial charge in [0.25, 0.3) is 0 Å². The molecule has 2 aromatic rings. The lowest BCUT2D eigenvalue weighted by molar-refractivity contribution is 0.132. The summed E-state index contributed by atoms with van der Waals surface area (Å²) in [6.45, 7) is 0.255. The molecular formula is C14H11BrFNO. The SMILES string of the molecule is Fc1cccc(CON=Cc2ccc(Br)cc2)c1. The van der Waals surface area contributed by atoms with Gasteiger partial charge in [0.05, 0.1) is 6.21 Å². The topological polar surface area (TPSA) is 21.6 Å². The molecule has 0 radical (unpaired) electrons. The first-order chi connectivity index (χ1) is 8.74. The molecule has 0 atom stereocenters. The van der Waals surface area contributed by atoms with Gasteiger partial charge in [-0.3, -0.25) is 0 Å². The van der Waals surface area contributed by atoms with Crippen LogP contribution in [0.15, 0.2) is 58.2 Å². The Labute approximate surface area is 113 Å². The summed E-state index contributed by atoms with van der Waals surface area (Å²) < 4.78 is 13.9. The van der Waals surface area contributed by atoms with E-state index in [2.05, 4.69) is 21.1 Å². The maximum atomic E-state index is 12.9. The molecule has 0 unspecified atom stereocenters. The van der Waals surface area contributed by atoms with Crippen LogP contribution in [0.5, 0.6) is 0 Å². The van der Waals surface area contributed by atoms with Crippen LogP contribution in [0.2, 0.25) is 0 Å². The Bertz CT molecular complexity index is 540. The first kappa shape index (κ1) is 12.8. The van der Waals surface area contributed by atoms with Crippen molar-refractivity contribution >= 4 is 22.1 Å². The highest BCUT2D eigenvalue weighted by Crippen LogP contribution is 2.09. The van der Waals surface area contributed by atoms with E-state index < -0.39 is 0 Å². The summed E-state index contributed by atoms with van der Waals surface area (Å²) in [7, 11) is 0. The lowest BCUT2D eigenvalue weighted by atomic mass is 10.2. The molecule has 0 aromatic heterocycles. The molecule has 0 fully saturated rings. The van der Waals surface area contributed by atoms with Gasteiger partial charge in [-0.2, -0.15) is 0 Å². The normalized spacial score (nSPS) is 10.8. The molecule has 0 N–H and O–H groups in total. The number of halogens is 2. The summed E-state index contributed by atoms with van der Waals surface area (Å²) in [6.07, 6.45) is 1.62. The third-order valence-corrected chi connectivity index (χ3v) is 2.80. The molecule has 0 heterocycles. The Morgan fingerprint density at radius 2 is 1.94 bits per heavy atom. The maximum absolute atomic E-state index is 12.9. The second-order valence-corrected chi connectivity index (χ2v) is 4.61. The van der Waals surface area contributed by atoms with Gasteiger partial charge in [-0.15, -0.1) is 0 Å². The zero-order valence-corrected chi connectivity index (χ0v) is 11.1. The number of benzene rings is 2. The van der Waals surface area contributed by atoms with Crippen LogP contribution in [0, 0.1) is 5.82 Å². The molecule has 0 amide bonds. The van der Waals surface area contributed by atoms with Crippen molar-refractivity contribution in [1.29, 1.82) is 0 Å².